The zero-order valence-electron chi connectivity index (χ0n) is 11.9. The number of nitrogens with zero attached hydrogens (tertiary/aromatic N) is 3. The van der Waals surface area contributed by atoms with Gasteiger partial charge in [0.25, 0.3) is 0 Å². The molecule has 0 aromatic carbocycles. The Hall–Kier alpha value is -1.93. The van der Waals surface area contributed by atoms with Crippen LogP contribution in [-0.4, -0.2) is 36.3 Å². The Morgan fingerprint density at radius 3 is 2.86 bits per heavy atom. The Labute approximate surface area is 124 Å². The fourth-order valence-electron chi connectivity index (χ4n) is 1.80. The van der Waals surface area contributed by atoms with Gasteiger partial charge in [-0.15, -0.1) is 0 Å². The van der Waals surface area contributed by atoms with Crippen LogP contribution < -0.4 is 10.0 Å². The second-order valence-electron chi connectivity index (χ2n) is 4.47. The molecule has 0 aliphatic heterocycles. The number of pyridine rings is 1. The zero-order valence-corrected chi connectivity index (χ0v) is 12.7. The summed E-state index contributed by atoms with van der Waals surface area (Å²) in [6.07, 6.45) is 7.28. The summed E-state index contributed by atoms with van der Waals surface area (Å²) in [7, 11) is -3.59. The number of aromatic nitrogens is 3. The van der Waals surface area contributed by atoms with Gasteiger partial charge in [-0.1, -0.05) is 6.92 Å². The van der Waals surface area contributed by atoms with Gasteiger partial charge in [0.15, 0.2) is 0 Å². The first kappa shape index (κ1) is 15.5. The Kier molecular flexibility index (Phi) is 5.29. The molecule has 2 N–H and O–H groups in total. The third-order valence-electron chi connectivity index (χ3n) is 2.83. The molecule has 0 spiro atoms. The molecule has 2 heterocycles. The third-order valence-corrected chi connectivity index (χ3v) is 4.32. The maximum Gasteiger partial charge on any atom is 0.244 e. The predicted octanol–water partition coefficient (Wildman–Crippen LogP) is 1.08. The monoisotopic (exact) mass is 309 g/mol. The maximum absolute atomic E-state index is 12.3. The summed E-state index contributed by atoms with van der Waals surface area (Å²) in [5, 5.41) is 7.12. The van der Waals surface area contributed by atoms with Crippen LogP contribution in [0, 0.1) is 0 Å². The third kappa shape index (κ3) is 4.27. The molecular weight excluding hydrogens is 290 g/mol. The summed E-state index contributed by atoms with van der Waals surface area (Å²) >= 11 is 0. The largest absolute Gasteiger partial charge is 0.384 e. The molecule has 0 atom stereocenters. The number of rotatable bonds is 8. The Morgan fingerprint density at radius 2 is 2.14 bits per heavy atom. The molecule has 2 aromatic heterocycles. The summed E-state index contributed by atoms with van der Waals surface area (Å²) in [5.74, 6) is 0. The minimum atomic E-state index is -3.59. The Bertz CT molecular complexity index is 655. The highest BCUT2D eigenvalue weighted by Gasteiger charge is 2.18. The van der Waals surface area contributed by atoms with Gasteiger partial charge in [-0.3, -0.25) is 9.67 Å². The quantitative estimate of drug-likeness (QED) is 0.761. The van der Waals surface area contributed by atoms with E-state index >= 15 is 0 Å². The van der Waals surface area contributed by atoms with Crippen LogP contribution in [0.3, 0.4) is 0 Å². The highest BCUT2D eigenvalue weighted by atomic mass is 32.2. The topological polar surface area (TPSA) is 88.9 Å². The van der Waals surface area contributed by atoms with Crippen LogP contribution in [0.4, 0.5) is 5.69 Å². The van der Waals surface area contributed by atoms with Gasteiger partial charge < -0.3 is 5.32 Å². The van der Waals surface area contributed by atoms with Crippen LogP contribution in [0.1, 0.15) is 13.3 Å². The molecule has 2 aromatic rings. The molecule has 0 aliphatic rings. The molecule has 0 saturated carbocycles. The number of hydrogen-bond donors (Lipinski definition) is 2. The van der Waals surface area contributed by atoms with Crippen LogP contribution in [-0.2, 0) is 16.6 Å². The first-order valence-corrected chi connectivity index (χ1v) is 8.27. The summed E-state index contributed by atoms with van der Waals surface area (Å²) in [6, 6.07) is 3.46. The molecule has 7 nitrogen and oxygen atoms in total. The predicted molar refractivity (Wildman–Crippen MR) is 80.4 cm³/mol. The average molecular weight is 309 g/mol. The van der Waals surface area contributed by atoms with Gasteiger partial charge in [0.1, 0.15) is 4.90 Å². The fourth-order valence-corrected chi connectivity index (χ4v) is 2.95. The van der Waals surface area contributed by atoms with Crippen molar-refractivity contribution in [2.75, 3.05) is 18.4 Å². The zero-order chi connectivity index (χ0) is 15.1. The molecule has 0 saturated heterocycles. The van der Waals surface area contributed by atoms with Gasteiger partial charge in [-0.2, -0.15) is 5.10 Å². The van der Waals surface area contributed by atoms with Crippen molar-refractivity contribution in [2.45, 2.75) is 24.8 Å². The smallest absolute Gasteiger partial charge is 0.244 e. The standard InChI is InChI=1S/C13H19N5O2S/c1-2-5-15-12-4-7-14-11-13(12)21(19,20)17-8-10-18-9-3-6-16-18/h3-4,6-7,9,11,17H,2,5,8,10H2,1H3,(H,14,15). The fraction of sp³-hybridized carbons (Fsp3) is 0.385. The van der Waals surface area contributed by atoms with Gasteiger partial charge >= 0.3 is 0 Å². The number of nitrogens with one attached hydrogen (secondary N) is 2. The van der Waals surface area contributed by atoms with E-state index < -0.39 is 10.0 Å². The van der Waals surface area contributed by atoms with E-state index in [-0.39, 0.29) is 11.4 Å². The van der Waals surface area contributed by atoms with Crippen LogP contribution in [0.15, 0.2) is 41.8 Å². The molecule has 8 heteroatoms. The number of anilines is 1. The van der Waals surface area contributed by atoms with Gasteiger partial charge in [0.2, 0.25) is 10.0 Å². The highest BCUT2D eigenvalue weighted by molar-refractivity contribution is 7.89. The van der Waals surface area contributed by atoms with Crippen LogP contribution in [0.5, 0.6) is 0 Å². The second kappa shape index (κ2) is 7.19. The lowest BCUT2D eigenvalue weighted by atomic mass is 10.4. The van der Waals surface area contributed by atoms with E-state index in [2.05, 4.69) is 20.1 Å². The van der Waals surface area contributed by atoms with E-state index in [1.807, 2.05) is 6.92 Å². The molecule has 0 fully saturated rings. The molecule has 2 rings (SSSR count). The second-order valence-corrected chi connectivity index (χ2v) is 6.20. The number of hydrogen-bond acceptors (Lipinski definition) is 5. The van der Waals surface area contributed by atoms with E-state index in [4.69, 9.17) is 0 Å². The van der Waals surface area contributed by atoms with Crippen molar-refractivity contribution in [3.05, 3.63) is 36.9 Å². The summed E-state index contributed by atoms with van der Waals surface area (Å²) in [4.78, 5) is 4.07. The highest BCUT2D eigenvalue weighted by Crippen LogP contribution is 2.19. The minimum absolute atomic E-state index is 0.166. The van der Waals surface area contributed by atoms with Crippen LogP contribution in [0.2, 0.25) is 0 Å². The van der Waals surface area contributed by atoms with Crippen LogP contribution >= 0.6 is 0 Å². The van der Waals surface area contributed by atoms with Crippen molar-refractivity contribution < 1.29 is 8.42 Å². The molecule has 0 aliphatic carbocycles. The van der Waals surface area contributed by atoms with E-state index in [0.717, 1.165) is 6.42 Å². The van der Waals surface area contributed by atoms with Crippen molar-refractivity contribution >= 4 is 15.7 Å². The number of sulfonamides is 1. The molecular formula is C13H19N5O2S. The molecule has 0 amide bonds. The van der Waals surface area contributed by atoms with Gasteiger partial charge in [0.05, 0.1) is 12.2 Å². The first-order chi connectivity index (χ1) is 10.1. The maximum atomic E-state index is 12.3. The van der Waals surface area contributed by atoms with Gasteiger partial charge in [0, 0.05) is 37.9 Å². The van der Waals surface area contributed by atoms with E-state index in [0.29, 0.717) is 18.8 Å². The van der Waals surface area contributed by atoms with Crippen LogP contribution in [0.25, 0.3) is 0 Å². The Balaban J connectivity index is 2.04. The molecule has 21 heavy (non-hydrogen) atoms. The molecule has 0 radical (unpaired) electrons. The SMILES string of the molecule is CCCNc1ccncc1S(=O)(=O)NCCn1cccn1. The summed E-state index contributed by atoms with van der Waals surface area (Å²) < 4.78 is 28.9. The van der Waals surface area contributed by atoms with Crippen molar-refractivity contribution in [2.24, 2.45) is 0 Å². The van der Waals surface area contributed by atoms with Crippen molar-refractivity contribution in [3.63, 3.8) is 0 Å². The van der Waals surface area contributed by atoms with Crippen molar-refractivity contribution in [1.29, 1.82) is 0 Å². The van der Waals surface area contributed by atoms with Gasteiger partial charge in [-0.25, -0.2) is 13.1 Å². The summed E-state index contributed by atoms with van der Waals surface area (Å²) in [6.45, 7) is 3.47. The van der Waals surface area contributed by atoms with E-state index in [1.165, 1.54) is 6.20 Å². The van der Waals surface area contributed by atoms with E-state index in [1.54, 1.807) is 35.4 Å². The Morgan fingerprint density at radius 1 is 1.29 bits per heavy atom. The van der Waals surface area contributed by atoms with Crippen molar-refractivity contribution in [3.8, 4) is 0 Å². The van der Waals surface area contributed by atoms with Gasteiger partial charge in [-0.05, 0) is 18.6 Å². The minimum Gasteiger partial charge on any atom is -0.384 e. The lowest BCUT2D eigenvalue weighted by Gasteiger charge is -2.12. The van der Waals surface area contributed by atoms with E-state index in [9.17, 15) is 8.42 Å². The summed E-state index contributed by atoms with van der Waals surface area (Å²) in [5.41, 5.74) is 0.568. The first-order valence-electron chi connectivity index (χ1n) is 6.78. The molecule has 114 valence electrons. The average Bonchev–Trinajstić information content (AvgIpc) is 2.98. The molecule has 0 bridgehead atoms. The normalized spacial score (nSPS) is 11.5. The van der Waals surface area contributed by atoms with Crippen molar-refractivity contribution in [1.82, 2.24) is 19.5 Å². The molecule has 0 unspecified atom stereocenters. The lowest BCUT2D eigenvalue weighted by molar-refractivity contribution is 0.561. The lowest BCUT2D eigenvalue weighted by Crippen LogP contribution is -2.28.